The van der Waals surface area contributed by atoms with Crippen molar-refractivity contribution in [3.63, 3.8) is 0 Å². The highest BCUT2D eigenvalue weighted by Crippen LogP contribution is 2.40. The molecular formula is C23H29NO4S. The number of nitrogens with one attached hydrogen (secondary N) is 1. The second kappa shape index (κ2) is 9.92. The highest BCUT2D eigenvalue weighted by molar-refractivity contribution is 7.17. The first-order valence-electron chi connectivity index (χ1n) is 10.3. The largest absolute Gasteiger partial charge is 0.494 e. The molecule has 1 aromatic carbocycles. The van der Waals surface area contributed by atoms with E-state index in [1.165, 1.54) is 21.8 Å². The third-order valence-corrected chi connectivity index (χ3v) is 6.25. The number of hydrogen-bond acceptors (Lipinski definition) is 5. The molecular weight excluding hydrogens is 386 g/mol. The zero-order valence-corrected chi connectivity index (χ0v) is 18.2. The van der Waals surface area contributed by atoms with Gasteiger partial charge in [-0.2, -0.15) is 0 Å². The zero-order chi connectivity index (χ0) is 20.8. The first-order chi connectivity index (χ1) is 14.0. The summed E-state index contributed by atoms with van der Waals surface area (Å²) in [6, 6.07) is 7.85. The van der Waals surface area contributed by atoms with Gasteiger partial charge in [0, 0.05) is 11.3 Å². The number of fused-ring (bicyclic) bond motifs is 1. The van der Waals surface area contributed by atoms with Crippen LogP contribution in [0.2, 0.25) is 0 Å². The summed E-state index contributed by atoms with van der Waals surface area (Å²) in [7, 11) is 0. The fourth-order valence-corrected chi connectivity index (χ4v) is 4.92. The Bertz CT molecular complexity index is 857. The van der Waals surface area contributed by atoms with Gasteiger partial charge in [0.05, 0.1) is 18.8 Å². The fraction of sp³-hybridized carbons (Fsp3) is 0.478. The van der Waals surface area contributed by atoms with Crippen molar-refractivity contribution in [2.24, 2.45) is 5.92 Å². The molecule has 0 radical (unpaired) electrons. The van der Waals surface area contributed by atoms with Crippen LogP contribution in [-0.2, 0) is 22.4 Å². The van der Waals surface area contributed by atoms with Gasteiger partial charge < -0.3 is 14.8 Å². The summed E-state index contributed by atoms with van der Waals surface area (Å²) in [5.41, 5.74) is 2.80. The number of rotatable bonds is 8. The summed E-state index contributed by atoms with van der Waals surface area (Å²) >= 11 is 1.52. The monoisotopic (exact) mass is 415 g/mol. The van der Waals surface area contributed by atoms with Crippen molar-refractivity contribution < 1.29 is 19.1 Å². The molecule has 1 amide bonds. The number of benzene rings is 1. The van der Waals surface area contributed by atoms with E-state index in [0.717, 1.165) is 30.6 Å². The molecule has 3 rings (SSSR count). The van der Waals surface area contributed by atoms with Crippen molar-refractivity contribution in [3.05, 3.63) is 45.8 Å². The molecule has 2 aromatic rings. The lowest BCUT2D eigenvalue weighted by Gasteiger charge is -2.18. The van der Waals surface area contributed by atoms with Gasteiger partial charge in [-0.3, -0.25) is 4.79 Å². The van der Waals surface area contributed by atoms with Crippen molar-refractivity contribution in [2.45, 2.75) is 52.9 Å². The summed E-state index contributed by atoms with van der Waals surface area (Å²) < 4.78 is 10.9. The first kappa shape index (κ1) is 21.4. The van der Waals surface area contributed by atoms with Gasteiger partial charge in [-0.25, -0.2) is 4.79 Å². The normalized spacial score (nSPS) is 15.5. The summed E-state index contributed by atoms with van der Waals surface area (Å²) in [5.74, 6) is 0.964. The lowest BCUT2D eigenvalue weighted by atomic mass is 9.88. The van der Waals surface area contributed by atoms with Crippen molar-refractivity contribution in [1.29, 1.82) is 0 Å². The summed E-state index contributed by atoms with van der Waals surface area (Å²) in [6.45, 7) is 6.84. The molecule has 1 aliphatic rings. The number of thiophene rings is 1. The van der Waals surface area contributed by atoms with E-state index in [0.29, 0.717) is 42.5 Å². The number of amides is 1. The first-order valence-corrected chi connectivity index (χ1v) is 11.1. The lowest BCUT2D eigenvalue weighted by Crippen LogP contribution is -2.17. The Morgan fingerprint density at radius 2 is 2.00 bits per heavy atom. The lowest BCUT2D eigenvalue weighted by molar-refractivity contribution is -0.116. The highest BCUT2D eigenvalue weighted by Gasteiger charge is 2.29. The summed E-state index contributed by atoms with van der Waals surface area (Å²) in [6.07, 6.45) is 3.82. The molecule has 0 fully saturated rings. The van der Waals surface area contributed by atoms with Gasteiger partial charge in [0.25, 0.3) is 0 Å². The summed E-state index contributed by atoms with van der Waals surface area (Å²) in [4.78, 5) is 26.2. The Balaban J connectivity index is 1.59. The molecule has 6 heteroatoms. The molecule has 156 valence electrons. The minimum atomic E-state index is -0.336. The Hall–Kier alpha value is -2.34. The zero-order valence-electron chi connectivity index (χ0n) is 17.4. The van der Waals surface area contributed by atoms with Crippen LogP contribution in [0.3, 0.4) is 0 Å². The number of esters is 1. The van der Waals surface area contributed by atoms with Crippen LogP contribution >= 0.6 is 11.3 Å². The van der Waals surface area contributed by atoms with Crippen LogP contribution in [-0.4, -0.2) is 25.1 Å². The number of carbonyl (C=O) groups is 2. The van der Waals surface area contributed by atoms with Gasteiger partial charge >= 0.3 is 5.97 Å². The van der Waals surface area contributed by atoms with E-state index < -0.39 is 0 Å². The van der Waals surface area contributed by atoms with Crippen LogP contribution in [0.1, 0.15) is 59.5 Å². The van der Waals surface area contributed by atoms with Crippen LogP contribution in [0.15, 0.2) is 24.3 Å². The van der Waals surface area contributed by atoms with E-state index in [1.54, 1.807) is 6.92 Å². The number of ether oxygens (including phenoxy) is 2. The van der Waals surface area contributed by atoms with Gasteiger partial charge in [0.2, 0.25) is 5.91 Å². The van der Waals surface area contributed by atoms with Gasteiger partial charge in [-0.1, -0.05) is 24.6 Å². The summed E-state index contributed by atoms with van der Waals surface area (Å²) in [5, 5.41) is 3.58. The Labute approximate surface area is 176 Å². The number of hydrogen-bond donors (Lipinski definition) is 1. The van der Waals surface area contributed by atoms with E-state index in [9.17, 15) is 9.59 Å². The SMILES string of the molecule is CCOC(=O)c1c(NC(=O)CCCOc2ccc(C)cc2)sc2c1CC[C@H](C)C2. The predicted octanol–water partition coefficient (Wildman–Crippen LogP) is 5.16. The van der Waals surface area contributed by atoms with Gasteiger partial charge in [-0.05, 0) is 63.1 Å². The molecule has 1 heterocycles. The van der Waals surface area contributed by atoms with Crippen LogP contribution in [0, 0.1) is 12.8 Å². The van der Waals surface area contributed by atoms with Crippen LogP contribution in [0.4, 0.5) is 5.00 Å². The van der Waals surface area contributed by atoms with Crippen molar-refractivity contribution in [3.8, 4) is 5.75 Å². The molecule has 1 N–H and O–H groups in total. The molecule has 0 aliphatic heterocycles. The van der Waals surface area contributed by atoms with E-state index in [2.05, 4.69) is 12.2 Å². The van der Waals surface area contributed by atoms with Crippen molar-refractivity contribution in [2.75, 3.05) is 18.5 Å². The van der Waals surface area contributed by atoms with Crippen molar-refractivity contribution in [1.82, 2.24) is 0 Å². The third kappa shape index (κ3) is 5.60. The molecule has 1 atom stereocenters. The van der Waals surface area contributed by atoms with E-state index in [1.807, 2.05) is 31.2 Å². The predicted molar refractivity (Wildman–Crippen MR) is 116 cm³/mol. The third-order valence-electron chi connectivity index (χ3n) is 5.08. The second-order valence-corrected chi connectivity index (χ2v) is 8.69. The number of aryl methyl sites for hydroxylation is 1. The standard InChI is InChI=1S/C23H29NO4S/c1-4-27-23(26)21-18-12-9-16(3)14-19(18)29-22(21)24-20(25)6-5-13-28-17-10-7-15(2)8-11-17/h7-8,10-11,16H,4-6,9,12-14H2,1-3H3,(H,24,25)/t16-/m0/s1. The minimum Gasteiger partial charge on any atom is -0.494 e. The molecule has 1 aliphatic carbocycles. The average molecular weight is 416 g/mol. The van der Waals surface area contributed by atoms with Crippen LogP contribution in [0.5, 0.6) is 5.75 Å². The molecule has 0 saturated carbocycles. The quantitative estimate of drug-likeness (QED) is 0.478. The molecule has 5 nitrogen and oxygen atoms in total. The van der Waals surface area contributed by atoms with Crippen molar-refractivity contribution >= 4 is 28.2 Å². The van der Waals surface area contributed by atoms with Crippen LogP contribution in [0.25, 0.3) is 0 Å². The second-order valence-electron chi connectivity index (χ2n) is 7.59. The molecule has 0 unspecified atom stereocenters. The van der Waals surface area contributed by atoms with E-state index in [-0.39, 0.29) is 11.9 Å². The average Bonchev–Trinajstić information content (AvgIpc) is 3.03. The maximum absolute atomic E-state index is 12.5. The maximum atomic E-state index is 12.5. The molecule has 1 aromatic heterocycles. The smallest absolute Gasteiger partial charge is 0.341 e. The topological polar surface area (TPSA) is 64.6 Å². The molecule has 29 heavy (non-hydrogen) atoms. The molecule has 0 saturated heterocycles. The van der Waals surface area contributed by atoms with Gasteiger partial charge in [-0.15, -0.1) is 11.3 Å². The van der Waals surface area contributed by atoms with E-state index >= 15 is 0 Å². The van der Waals surface area contributed by atoms with E-state index in [4.69, 9.17) is 9.47 Å². The van der Waals surface area contributed by atoms with Gasteiger partial charge in [0.1, 0.15) is 10.8 Å². The molecule has 0 spiro atoms. The Morgan fingerprint density at radius 3 is 2.72 bits per heavy atom. The highest BCUT2D eigenvalue weighted by atomic mass is 32.1. The van der Waals surface area contributed by atoms with Crippen LogP contribution < -0.4 is 10.1 Å². The minimum absolute atomic E-state index is 0.102. The molecule has 0 bridgehead atoms. The number of anilines is 1. The Morgan fingerprint density at radius 1 is 1.24 bits per heavy atom. The van der Waals surface area contributed by atoms with Gasteiger partial charge in [0.15, 0.2) is 0 Å². The Kier molecular flexibility index (Phi) is 7.31. The fourth-order valence-electron chi connectivity index (χ4n) is 3.50. The maximum Gasteiger partial charge on any atom is 0.341 e. The number of carbonyl (C=O) groups excluding carboxylic acids is 2.